The highest BCUT2D eigenvalue weighted by Crippen LogP contribution is 2.48. The molecule has 0 heterocycles. The average Bonchev–Trinajstić information content (AvgIpc) is 2.38. The number of hydrogen-bond acceptors (Lipinski definition) is 0. The lowest BCUT2D eigenvalue weighted by molar-refractivity contribution is 0.169. The second kappa shape index (κ2) is 7.11. The first-order valence-corrected chi connectivity index (χ1v) is 7.90. The quantitative estimate of drug-likeness (QED) is 0.486. The van der Waals surface area contributed by atoms with Gasteiger partial charge in [-0.1, -0.05) is 42.4 Å². The molecule has 0 unspecified atom stereocenters. The SMILES string of the molecule is C=C[C@@]1(C)CC[C@H](C(C)=CCCC(=C)C)C[C@@H]1C(=C)C. The predicted molar refractivity (Wildman–Crippen MR) is 91.8 cm³/mol. The molecule has 0 nitrogen and oxygen atoms in total. The predicted octanol–water partition coefficient (Wildman–Crippen LogP) is 6.47. The first kappa shape index (κ1) is 17.0. The second-order valence-corrected chi connectivity index (χ2v) is 7.02. The summed E-state index contributed by atoms with van der Waals surface area (Å²) >= 11 is 0. The minimum Gasteiger partial charge on any atom is -0.103 e. The van der Waals surface area contributed by atoms with Gasteiger partial charge >= 0.3 is 0 Å². The lowest BCUT2D eigenvalue weighted by Gasteiger charge is -2.43. The summed E-state index contributed by atoms with van der Waals surface area (Å²) in [5.41, 5.74) is 4.38. The lowest BCUT2D eigenvalue weighted by Crippen LogP contribution is -2.33. The van der Waals surface area contributed by atoms with Crippen molar-refractivity contribution in [2.24, 2.45) is 17.3 Å². The Morgan fingerprint density at radius 2 is 1.90 bits per heavy atom. The zero-order valence-electron chi connectivity index (χ0n) is 14.0. The Bertz CT molecular complexity index is 410. The van der Waals surface area contributed by atoms with E-state index in [4.69, 9.17) is 0 Å². The van der Waals surface area contributed by atoms with Crippen molar-refractivity contribution in [2.45, 2.75) is 59.8 Å². The van der Waals surface area contributed by atoms with Gasteiger partial charge in [0.15, 0.2) is 0 Å². The molecule has 1 aliphatic rings. The fraction of sp³-hybridized carbons (Fsp3) is 0.600. The van der Waals surface area contributed by atoms with E-state index >= 15 is 0 Å². The molecule has 0 amide bonds. The minimum atomic E-state index is 0.236. The molecule has 0 heteroatoms. The van der Waals surface area contributed by atoms with Crippen molar-refractivity contribution in [1.82, 2.24) is 0 Å². The Hall–Kier alpha value is -1.04. The van der Waals surface area contributed by atoms with Gasteiger partial charge in [0.05, 0.1) is 0 Å². The maximum absolute atomic E-state index is 4.22. The lowest BCUT2D eigenvalue weighted by atomic mass is 9.61. The molecule has 0 aliphatic heterocycles. The van der Waals surface area contributed by atoms with Gasteiger partial charge in [-0.15, -0.1) is 13.2 Å². The molecule has 0 aromatic heterocycles. The highest BCUT2D eigenvalue weighted by atomic mass is 14.4. The van der Waals surface area contributed by atoms with Gasteiger partial charge in [0, 0.05) is 0 Å². The molecular weight excluding hydrogens is 240 g/mol. The molecule has 0 saturated heterocycles. The summed E-state index contributed by atoms with van der Waals surface area (Å²) in [5.74, 6) is 1.29. The molecule has 112 valence electrons. The van der Waals surface area contributed by atoms with Crippen molar-refractivity contribution < 1.29 is 0 Å². The summed E-state index contributed by atoms with van der Waals surface area (Å²) < 4.78 is 0. The standard InChI is InChI=1S/C20H32/c1-8-20(7)13-12-18(14-19(20)16(4)5)17(6)11-9-10-15(2)3/h8,11,18-19H,1-2,4,9-10,12-14H2,3,5-7H3/t18-,19+,20-/m0/s1. The molecule has 3 atom stereocenters. The van der Waals surface area contributed by atoms with Crippen LogP contribution in [0.5, 0.6) is 0 Å². The monoisotopic (exact) mass is 272 g/mol. The molecule has 1 fully saturated rings. The van der Waals surface area contributed by atoms with Gasteiger partial charge < -0.3 is 0 Å². The molecule has 0 aromatic carbocycles. The van der Waals surface area contributed by atoms with Crippen LogP contribution in [0, 0.1) is 17.3 Å². The normalized spacial score (nSPS) is 30.9. The van der Waals surface area contributed by atoms with E-state index in [-0.39, 0.29) is 5.41 Å². The average molecular weight is 272 g/mol. The van der Waals surface area contributed by atoms with Crippen molar-refractivity contribution >= 4 is 0 Å². The zero-order valence-corrected chi connectivity index (χ0v) is 14.0. The fourth-order valence-corrected chi connectivity index (χ4v) is 3.47. The topological polar surface area (TPSA) is 0 Å². The van der Waals surface area contributed by atoms with Crippen LogP contribution in [-0.2, 0) is 0 Å². The van der Waals surface area contributed by atoms with E-state index in [0.717, 1.165) is 18.8 Å². The van der Waals surface area contributed by atoms with Gasteiger partial charge in [-0.3, -0.25) is 0 Å². The molecule has 0 bridgehead atoms. The molecule has 0 spiro atoms. The summed E-state index contributed by atoms with van der Waals surface area (Å²) in [7, 11) is 0. The first-order valence-electron chi connectivity index (χ1n) is 7.90. The summed E-state index contributed by atoms with van der Waals surface area (Å²) in [6.07, 6.45) is 10.6. The molecular formula is C20H32. The smallest absolute Gasteiger partial charge is 0.00836 e. The highest BCUT2D eigenvalue weighted by molar-refractivity contribution is 5.16. The zero-order chi connectivity index (χ0) is 15.3. The summed E-state index contributed by atoms with van der Waals surface area (Å²) in [6, 6.07) is 0. The van der Waals surface area contributed by atoms with Crippen LogP contribution in [0.4, 0.5) is 0 Å². The third-order valence-corrected chi connectivity index (χ3v) is 5.09. The molecule has 20 heavy (non-hydrogen) atoms. The van der Waals surface area contributed by atoms with Crippen LogP contribution in [-0.4, -0.2) is 0 Å². The van der Waals surface area contributed by atoms with E-state index < -0.39 is 0 Å². The van der Waals surface area contributed by atoms with Crippen LogP contribution in [0.3, 0.4) is 0 Å². The van der Waals surface area contributed by atoms with Crippen LogP contribution in [0.15, 0.2) is 48.6 Å². The van der Waals surface area contributed by atoms with Crippen LogP contribution >= 0.6 is 0 Å². The molecule has 0 N–H and O–H groups in total. The van der Waals surface area contributed by atoms with E-state index in [0.29, 0.717) is 5.92 Å². The second-order valence-electron chi connectivity index (χ2n) is 7.02. The fourth-order valence-electron chi connectivity index (χ4n) is 3.47. The number of hydrogen-bond donors (Lipinski definition) is 0. The van der Waals surface area contributed by atoms with Gasteiger partial charge in [-0.2, -0.15) is 0 Å². The highest BCUT2D eigenvalue weighted by Gasteiger charge is 2.38. The number of allylic oxidation sites excluding steroid dienone is 5. The van der Waals surface area contributed by atoms with E-state index in [1.54, 1.807) is 5.57 Å². The summed E-state index contributed by atoms with van der Waals surface area (Å²) in [4.78, 5) is 0. The molecule has 1 aliphatic carbocycles. The van der Waals surface area contributed by atoms with Crippen molar-refractivity contribution in [1.29, 1.82) is 0 Å². The molecule has 1 saturated carbocycles. The van der Waals surface area contributed by atoms with Crippen LogP contribution in [0.25, 0.3) is 0 Å². The third kappa shape index (κ3) is 4.23. The van der Waals surface area contributed by atoms with Crippen LogP contribution < -0.4 is 0 Å². The van der Waals surface area contributed by atoms with Gasteiger partial charge in [-0.25, -0.2) is 0 Å². The largest absolute Gasteiger partial charge is 0.103 e. The summed E-state index contributed by atoms with van der Waals surface area (Å²) in [6.45, 7) is 21.2. The Morgan fingerprint density at radius 1 is 1.25 bits per heavy atom. The maximum Gasteiger partial charge on any atom is -0.00836 e. The number of rotatable bonds is 6. The Morgan fingerprint density at radius 3 is 2.40 bits per heavy atom. The van der Waals surface area contributed by atoms with Gasteiger partial charge in [0.1, 0.15) is 0 Å². The Labute approximate surface area is 126 Å². The minimum absolute atomic E-state index is 0.236. The maximum atomic E-state index is 4.22. The van der Waals surface area contributed by atoms with Gasteiger partial charge in [0.2, 0.25) is 0 Å². The third-order valence-electron chi connectivity index (χ3n) is 5.09. The van der Waals surface area contributed by atoms with Crippen molar-refractivity contribution in [2.75, 3.05) is 0 Å². The Balaban J connectivity index is 2.73. The first-order chi connectivity index (χ1) is 9.30. The molecule has 1 rings (SSSR count). The van der Waals surface area contributed by atoms with E-state index in [9.17, 15) is 0 Å². The van der Waals surface area contributed by atoms with Crippen molar-refractivity contribution in [3.05, 3.63) is 48.6 Å². The van der Waals surface area contributed by atoms with Crippen LogP contribution in [0.2, 0.25) is 0 Å². The van der Waals surface area contributed by atoms with Crippen LogP contribution in [0.1, 0.15) is 59.8 Å². The van der Waals surface area contributed by atoms with E-state index in [1.807, 2.05) is 0 Å². The van der Waals surface area contributed by atoms with Gasteiger partial charge in [-0.05, 0) is 70.1 Å². The Kier molecular flexibility index (Phi) is 6.05. The van der Waals surface area contributed by atoms with Gasteiger partial charge in [0.25, 0.3) is 0 Å². The summed E-state index contributed by atoms with van der Waals surface area (Å²) in [5, 5.41) is 0. The van der Waals surface area contributed by atoms with Crippen molar-refractivity contribution in [3.63, 3.8) is 0 Å². The molecule has 0 radical (unpaired) electrons. The van der Waals surface area contributed by atoms with Crippen molar-refractivity contribution in [3.8, 4) is 0 Å². The van der Waals surface area contributed by atoms with E-state index in [1.165, 1.54) is 30.4 Å². The molecule has 0 aromatic rings. The van der Waals surface area contributed by atoms with E-state index in [2.05, 4.69) is 59.6 Å².